The van der Waals surface area contributed by atoms with Gasteiger partial charge in [0.2, 0.25) is 0 Å². The lowest BCUT2D eigenvalue weighted by atomic mass is 10.0. The molecule has 1 aliphatic rings. The average Bonchev–Trinajstić information content (AvgIpc) is 2.40. The second-order valence-corrected chi connectivity index (χ2v) is 5.32. The molecule has 108 valence electrons. The van der Waals surface area contributed by atoms with E-state index in [0.717, 1.165) is 26.2 Å². The second-order valence-electron chi connectivity index (χ2n) is 4.47. The van der Waals surface area contributed by atoms with Gasteiger partial charge >= 0.3 is 0 Å². The summed E-state index contributed by atoms with van der Waals surface area (Å²) in [5.74, 6) is -0.929. The first-order valence-electron chi connectivity index (χ1n) is 6.23. The lowest BCUT2D eigenvalue weighted by molar-refractivity contribution is 0.162. The Kier molecular flexibility index (Phi) is 6.66. The first kappa shape index (κ1) is 16.8. The highest BCUT2D eigenvalue weighted by Crippen LogP contribution is 2.32. The van der Waals surface area contributed by atoms with E-state index in [4.69, 9.17) is 0 Å². The van der Waals surface area contributed by atoms with Gasteiger partial charge < -0.3 is 5.32 Å². The van der Waals surface area contributed by atoms with E-state index < -0.39 is 11.6 Å². The summed E-state index contributed by atoms with van der Waals surface area (Å²) < 4.78 is 28.4. The predicted molar refractivity (Wildman–Crippen MR) is 78.8 cm³/mol. The van der Waals surface area contributed by atoms with Gasteiger partial charge in [-0.25, -0.2) is 8.78 Å². The molecule has 2 rings (SSSR count). The van der Waals surface area contributed by atoms with Gasteiger partial charge in [0.05, 0.1) is 4.47 Å². The standard InChI is InChI=1S/C13H17BrF2N2.ClH/c1-2-11(18-7-5-17-6-8-18)12-10(15)4-3-9(14)13(12)16;/h3-4,11,17H,2,5-8H2,1H3;1H/t11-;/m1./s1. The summed E-state index contributed by atoms with van der Waals surface area (Å²) in [5, 5.41) is 3.25. The Morgan fingerprint density at radius 1 is 1.32 bits per heavy atom. The molecule has 0 radical (unpaired) electrons. The molecule has 1 aliphatic heterocycles. The van der Waals surface area contributed by atoms with Gasteiger partial charge in [-0.15, -0.1) is 12.4 Å². The van der Waals surface area contributed by atoms with Gasteiger partial charge in [-0.05, 0) is 34.5 Å². The lowest BCUT2D eigenvalue weighted by Gasteiger charge is -2.35. The minimum Gasteiger partial charge on any atom is -0.314 e. The molecule has 1 heterocycles. The second kappa shape index (κ2) is 7.53. The number of halogens is 4. The first-order valence-corrected chi connectivity index (χ1v) is 7.02. The molecule has 1 saturated heterocycles. The van der Waals surface area contributed by atoms with E-state index in [0.29, 0.717) is 10.9 Å². The molecular formula is C13H18BrClF2N2. The quantitative estimate of drug-likeness (QED) is 0.835. The van der Waals surface area contributed by atoms with E-state index in [1.54, 1.807) is 0 Å². The molecule has 0 unspecified atom stereocenters. The smallest absolute Gasteiger partial charge is 0.145 e. The molecule has 1 fully saturated rings. The third kappa shape index (κ3) is 3.66. The van der Waals surface area contributed by atoms with Gasteiger partial charge in [-0.2, -0.15) is 0 Å². The number of hydrogen-bond donors (Lipinski definition) is 1. The van der Waals surface area contributed by atoms with E-state index in [2.05, 4.69) is 26.1 Å². The van der Waals surface area contributed by atoms with Gasteiger partial charge in [0, 0.05) is 37.8 Å². The fourth-order valence-corrected chi connectivity index (χ4v) is 2.83. The summed E-state index contributed by atoms with van der Waals surface area (Å²) in [5.41, 5.74) is 0.189. The lowest BCUT2D eigenvalue weighted by Crippen LogP contribution is -2.45. The first-order chi connectivity index (χ1) is 8.65. The molecule has 0 spiro atoms. The molecule has 1 atom stereocenters. The largest absolute Gasteiger partial charge is 0.314 e. The summed E-state index contributed by atoms with van der Waals surface area (Å²) in [4.78, 5) is 2.14. The van der Waals surface area contributed by atoms with Crippen LogP contribution in [0.2, 0.25) is 0 Å². The molecule has 6 heteroatoms. The van der Waals surface area contributed by atoms with Gasteiger partial charge in [-0.3, -0.25) is 4.90 Å². The SMILES string of the molecule is CC[C@H](c1c(F)ccc(Br)c1F)N1CCNCC1.Cl. The molecule has 0 aliphatic carbocycles. The van der Waals surface area contributed by atoms with Crippen LogP contribution in [-0.2, 0) is 0 Å². The van der Waals surface area contributed by atoms with Crippen molar-refractivity contribution < 1.29 is 8.78 Å². The van der Waals surface area contributed by atoms with Crippen LogP contribution in [0.25, 0.3) is 0 Å². The van der Waals surface area contributed by atoms with Crippen molar-refractivity contribution in [2.24, 2.45) is 0 Å². The highest BCUT2D eigenvalue weighted by atomic mass is 79.9. The van der Waals surface area contributed by atoms with Crippen LogP contribution in [0.1, 0.15) is 24.9 Å². The minimum absolute atomic E-state index is 0. The van der Waals surface area contributed by atoms with E-state index in [9.17, 15) is 8.78 Å². The molecule has 1 aromatic carbocycles. The van der Waals surface area contributed by atoms with Crippen LogP contribution in [-0.4, -0.2) is 31.1 Å². The van der Waals surface area contributed by atoms with E-state index in [1.165, 1.54) is 12.1 Å². The van der Waals surface area contributed by atoms with Crippen LogP contribution in [0.3, 0.4) is 0 Å². The maximum atomic E-state index is 14.1. The summed E-state index contributed by atoms with van der Waals surface area (Å²) >= 11 is 3.13. The van der Waals surface area contributed by atoms with Crippen LogP contribution in [0.15, 0.2) is 16.6 Å². The van der Waals surface area contributed by atoms with Crippen molar-refractivity contribution in [3.05, 3.63) is 33.8 Å². The van der Waals surface area contributed by atoms with Crippen molar-refractivity contribution in [1.29, 1.82) is 0 Å². The Morgan fingerprint density at radius 2 is 1.95 bits per heavy atom. The average molecular weight is 356 g/mol. The summed E-state index contributed by atoms with van der Waals surface area (Å²) in [6.07, 6.45) is 0.699. The van der Waals surface area contributed by atoms with Gasteiger partial charge in [0.1, 0.15) is 11.6 Å². The minimum atomic E-state index is -0.472. The van der Waals surface area contributed by atoms with Crippen LogP contribution in [0.4, 0.5) is 8.78 Å². The van der Waals surface area contributed by atoms with Crippen LogP contribution in [0.5, 0.6) is 0 Å². The predicted octanol–water partition coefficient (Wildman–Crippen LogP) is 3.51. The summed E-state index contributed by atoms with van der Waals surface area (Å²) in [7, 11) is 0. The fraction of sp³-hybridized carbons (Fsp3) is 0.538. The van der Waals surface area contributed by atoms with Crippen molar-refractivity contribution in [3.63, 3.8) is 0 Å². The van der Waals surface area contributed by atoms with Crippen molar-refractivity contribution >= 4 is 28.3 Å². The third-order valence-corrected chi connectivity index (χ3v) is 4.00. The molecular weight excluding hydrogens is 338 g/mol. The number of nitrogens with one attached hydrogen (secondary N) is 1. The Balaban J connectivity index is 0.00000180. The number of rotatable bonds is 3. The van der Waals surface area contributed by atoms with Crippen LogP contribution >= 0.6 is 28.3 Å². The summed E-state index contributed by atoms with van der Waals surface area (Å²) in [6.45, 7) is 5.35. The molecule has 0 amide bonds. The molecule has 2 nitrogen and oxygen atoms in total. The van der Waals surface area contributed by atoms with Gasteiger partial charge in [-0.1, -0.05) is 6.92 Å². The highest BCUT2D eigenvalue weighted by molar-refractivity contribution is 9.10. The zero-order valence-electron chi connectivity index (χ0n) is 10.8. The maximum Gasteiger partial charge on any atom is 0.145 e. The molecule has 1 N–H and O–H groups in total. The summed E-state index contributed by atoms with van der Waals surface area (Å²) in [6, 6.07) is 2.55. The normalized spacial score (nSPS) is 17.9. The van der Waals surface area contributed by atoms with Crippen molar-refractivity contribution in [3.8, 4) is 0 Å². The van der Waals surface area contributed by atoms with Crippen molar-refractivity contribution in [2.45, 2.75) is 19.4 Å². The fourth-order valence-electron chi connectivity index (χ4n) is 2.49. The molecule has 1 aromatic rings. The molecule has 0 aromatic heterocycles. The van der Waals surface area contributed by atoms with Crippen LogP contribution < -0.4 is 5.32 Å². The Labute approximate surface area is 127 Å². The Morgan fingerprint density at radius 3 is 2.53 bits per heavy atom. The monoisotopic (exact) mass is 354 g/mol. The zero-order chi connectivity index (χ0) is 13.1. The third-order valence-electron chi connectivity index (χ3n) is 3.39. The number of nitrogens with zero attached hydrogens (tertiary/aromatic N) is 1. The van der Waals surface area contributed by atoms with Crippen molar-refractivity contribution in [2.75, 3.05) is 26.2 Å². The van der Waals surface area contributed by atoms with Gasteiger partial charge in [0.15, 0.2) is 0 Å². The van der Waals surface area contributed by atoms with E-state index >= 15 is 0 Å². The Bertz CT molecular complexity index is 425. The molecule has 19 heavy (non-hydrogen) atoms. The maximum absolute atomic E-state index is 14.1. The van der Waals surface area contributed by atoms with E-state index in [-0.39, 0.29) is 24.0 Å². The van der Waals surface area contributed by atoms with Crippen molar-refractivity contribution in [1.82, 2.24) is 10.2 Å². The highest BCUT2D eigenvalue weighted by Gasteiger charge is 2.26. The molecule has 0 saturated carbocycles. The number of hydrogen-bond acceptors (Lipinski definition) is 2. The topological polar surface area (TPSA) is 15.3 Å². The van der Waals surface area contributed by atoms with Crippen LogP contribution in [0, 0.1) is 11.6 Å². The number of benzene rings is 1. The molecule has 0 bridgehead atoms. The Hall–Kier alpha value is -0.230. The zero-order valence-corrected chi connectivity index (χ0v) is 13.2. The van der Waals surface area contributed by atoms with Gasteiger partial charge in [0.25, 0.3) is 0 Å². The number of piperazine rings is 1. The van der Waals surface area contributed by atoms with E-state index in [1.807, 2.05) is 6.92 Å².